The second-order valence-corrected chi connectivity index (χ2v) is 7.02. The Morgan fingerprint density at radius 2 is 2.08 bits per heavy atom. The van der Waals surface area contributed by atoms with Crippen LogP contribution in [0, 0.1) is 25.2 Å². The van der Waals surface area contributed by atoms with Crippen LogP contribution in [0.25, 0.3) is 0 Å². The lowest BCUT2D eigenvalue weighted by Gasteiger charge is -2.04. The third-order valence-electron chi connectivity index (χ3n) is 4.04. The van der Waals surface area contributed by atoms with Crippen molar-refractivity contribution < 1.29 is 18.7 Å². The number of carbonyl (C=O) groups is 2. The zero-order valence-electron chi connectivity index (χ0n) is 15.4. The van der Waals surface area contributed by atoms with Crippen LogP contribution in [0.4, 0.5) is 5.88 Å². The van der Waals surface area contributed by atoms with Gasteiger partial charge < -0.3 is 9.15 Å². The third-order valence-corrected chi connectivity index (χ3v) is 5.26. The normalized spacial score (nSPS) is 10.4. The van der Waals surface area contributed by atoms with Crippen molar-refractivity contribution in [1.29, 1.82) is 5.26 Å². The van der Waals surface area contributed by atoms with Crippen LogP contribution in [-0.2, 0) is 22.4 Å². The molecule has 1 amide bonds. The van der Waals surface area contributed by atoms with Crippen LogP contribution >= 0.6 is 11.3 Å². The van der Waals surface area contributed by atoms with Gasteiger partial charge in [-0.25, -0.2) is 4.79 Å². The molecule has 138 valence electrons. The first kappa shape index (κ1) is 19.7. The Balaban J connectivity index is 1.98. The number of aryl methyl sites for hydroxylation is 3. The summed E-state index contributed by atoms with van der Waals surface area (Å²) in [6.07, 6.45) is 2.79. The van der Waals surface area contributed by atoms with Crippen molar-refractivity contribution in [1.82, 2.24) is 0 Å². The Morgan fingerprint density at radius 3 is 2.69 bits per heavy atom. The zero-order chi connectivity index (χ0) is 19.3. The van der Waals surface area contributed by atoms with E-state index in [1.807, 2.05) is 19.1 Å². The SMILES string of the molecule is CCCc1sc(C(=O)OCC(=O)Nc2oc(C)c(C)c2C#N)cc1CC. The van der Waals surface area contributed by atoms with E-state index in [0.29, 0.717) is 16.2 Å². The monoisotopic (exact) mass is 374 g/mol. The van der Waals surface area contributed by atoms with Gasteiger partial charge in [-0.1, -0.05) is 20.3 Å². The van der Waals surface area contributed by atoms with Gasteiger partial charge in [-0.3, -0.25) is 10.1 Å². The molecule has 0 radical (unpaired) electrons. The van der Waals surface area contributed by atoms with Gasteiger partial charge in [0.2, 0.25) is 5.88 Å². The average Bonchev–Trinajstić information content (AvgIpc) is 3.14. The third kappa shape index (κ3) is 4.33. The molecule has 0 aliphatic rings. The van der Waals surface area contributed by atoms with Gasteiger partial charge in [0.25, 0.3) is 5.91 Å². The maximum Gasteiger partial charge on any atom is 0.348 e. The van der Waals surface area contributed by atoms with Crippen LogP contribution in [0.3, 0.4) is 0 Å². The minimum Gasteiger partial charge on any atom is -0.451 e. The molecular weight excluding hydrogens is 352 g/mol. The molecular formula is C19H22N2O4S. The van der Waals surface area contributed by atoms with Gasteiger partial charge in [0.1, 0.15) is 22.3 Å². The van der Waals surface area contributed by atoms with Crippen LogP contribution in [0.15, 0.2) is 10.5 Å². The molecule has 2 rings (SSSR count). The molecule has 2 aromatic heterocycles. The fraction of sp³-hybridized carbons (Fsp3) is 0.421. The number of nitrogens with zero attached hydrogens (tertiary/aromatic N) is 1. The van der Waals surface area contributed by atoms with Crippen LogP contribution in [0.5, 0.6) is 0 Å². The van der Waals surface area contributed by atoms with Gasteiger partial charge in [-0.2, -0.15) is 5.26 Å². The smallest absolute Gasteiger partial charge is 0.348 e. The van der Waals surface area contributed by atoms with Crippen molar-refractivity contribution in [3.05, 3.63) is 38.3 Å². The van der Waals surface area contributed by atoms with Crippen molar-refractivity contribution in [2.75, 3.05) is 11.9 Å². The molecule has 0 atom stereocenters. The summed E-state index contributed by atoms with van der Waals surface area (Å²) in [5.74, 6) is -0.430. The average molecular weight is 374 g/mol. The molecule has 1 N–H and O–H groups in total. The number of amides is 1. The number of nitrogens with one attached hydrogen (secondary N) is 1. The first-order valence-corrected chi connectivity index (χ1v) is 9.31. The molecule has 0 bridgehead atoms. The molecule has 0 spiro atoms. The number of furan rings is 1. The van der Waals surface area contributed by atoms with Crippen LogP contribution in [-0.4, -0.2) is 18.5 Å². The van der Waals surface area contributed by atoms with E-state index in [-0.39, 0.29) is 11.4 Å². The Labute approximate surface area is 156 Å². The predicted octanol–water partition coefficient (Wildman–Crippen LogP) is 4.14. The van der Waals surface area contributed by atoms with Gasteiger partial charge in [0.05, 0.1) is 0 Å². The molecule has 6 nitrogen and oxygen atoms in total. The second-order valence-electron chi connectivity index (χ2n) is 5.89. The first-order chi connectivity index (χ1) is 12.4. The molecule has 0 unspecified atom stereocenters. The molecule has 26 heavy (non-hydrogen) atoms. The second kappa shape index (κ2) is 8.68. The minimum atomic E-state index is -0.551. The molecule has 0 fully saturated rings. The Hall–Kier alpha value is -2.59. The van der Waals surface area contributed by atoms with Crippen molar-refractivity contribution in [3.63, 3.8) is 0 Å². The lowest BCUT2D eigenvalue weighted by Crippen LogP contribution is -2.20. The standard InChI is InChI=1S/C19H22N2O4S/c1-5-7-15-13(6-2)8-16(26-15)19(23)24-10-17(22)21-18-14(9-20)11(3)12(4)25-18/h8H,5-7,10H2,1-4H3,(H,21,22). The fourth-order valence-corrected chi connectivity index (χ4v) is 3.77. The maximum atomic E-state index is 12.2. The quantitative estimate of drug-likeness (QED) is 0.735. The van der Waals surface area contributed by atoms with Crippen molar-refractivity contribution in [2.24, 2.45) is 0 Å². The number of hydrogen-bond donors (Lipinski definition) is 1. The highest BCUT2D eigenvalue weighted by Crippen LogP contribution is 2.26. The highest BCUT2D eigenvalue weighted by molar-refractivity contribution is 7.14. The van der Waals surface area contributed by atoms with Gasteiger partial charge in [0, 0.05) is 10.4 Å². The van der Waals surface area contributed by atoms with E-state index in [1.165, 1.54) is 16.2 Å². The molecule has 0 aliphatic heterocycles. The van der Waals surface area contributed by atoms with E-state index in [9.17, 15) is 9.59 Å². The van der Waals surface area contributed by atoms with E-state index in [0.717, 1.165) is 24.8 Å². The minimum absolute atomic E-state index is 0.0816. The molecule has 0 aliphatic carbocycles. The van der Waals surface area contributed by atoms with Crippen molar-refractivity contribution >= 4 is 29.1 Å². The largest absolute Gasteiger partial charge is 0.451 e. The summed E-state index contributed by atoms with van der Waals surface area (Å²) >= 11 is 1.42. The number of ether oxygens (including phenoxy) is 1. The fourth-order valence-electron chi connectivity index (χ4n) is 2.52. The van der Waals surface area contributed by atoms with Crippen LogP contribution in [0.1, 0.15) is 57.3 Å². The molecule has 0 saturated carbocycles. The van der Waals surface area contributed by atoms with E-state index in [4.69, 9.17) is 14.4 Å². The van der Waals surface area contributed by atoms with E-state index < -0.39 is 18.5 Å². The van der Waals surface area contributed by atoms with E-state index in [1.54, 1.807) is 13.8 Å². The van der Waals surface area contributed by atoms with E-state index in [2.05, 4.69) is 12.2 Å². The topological polar surface area (TPSA) is 92.3 Å². The zero-order valence-corrected chi connectivity index (χ0v) is 16.2. The van der Waals surface area contributed by atoms with Crippen LogP contribution < -0.4 is 5.32 Å². The number of rotatable bonds is 7. The van der Waals surface area contributed by atoms with Gasteiger partial charge in [0.15, 0.2) is 6.61 Å². The summed E-state index contributed by atoms with van der Waals surface area (Å²) in [5, 5.41) is 11.6. The summed E-state index contributed by atoms with van der Waals surface area (Å²) in [6.45, 7) is 7.15. The number of carbonyl (C=O) groups excluding carboxylic acids is 2. The lowest BCUT2D eigenvalue weighted by molar-refractivity contribution is -0.119. The predicted molar refractivity (Wildman–Crippen MR) is 99.5 cm³/mol. The number of thiophene rings is 1. The van der Waals surface area contributed by atoms with Crippen LogP contribution in [0.2, 0.25) is 0 Å². The van der Waals surface area contributed by atoms with Gasteiger partial charge in [-0.05, 0) is 38.3 Å². The molecule has 7 heteroatoms. The lowest BCUT2D eigenvalue weighted by atomic mass is 10.1. The summed E-state index contributed by atoms with van der Waals surface area (Å²) in [6, 6.07) is 3.83. The Kier molecular flexibility index (Phi) is 6.58. The number of anilines is 1. The van der Waals surface area contributed by atoms with E-state index >= 15 is 0 Å². The highest BCUT2D eigenvalue weighted by Gasteiger charge is 2.19. The number of nitriles is 1. The summed E-state index contributed by atoms with van der Waals surface area (Å²) in [7, 11) is 0. The molecule has 0 saturated heterocycles. The van der Waals surface area contributed by atoms with Crippen molar-refractivity contribution in [2.45, 2.75) is 47.0 Å². The maximum absolute atomic E-state index is 12.2. The van der Waals surface area contributed by atoms with Gasteiger partial charge in [-0.15, -0.1) is 11.3 Å². The summed E-state index contributed by atoms with van der Waals surface area (Å²) in [4.78, 5) is 25.9. The molecule has 0 aromatic carbocycles. The molecule has 2 aromatic rings. The highest BCUT2D eigenvalue weighted by atomic mass is 32.1. The Morgan fingerprint density at radius 1 is 1.35 bits per heavy atom. The summed E-state index contributed by atoms with van der Waals surface area (Å²) < 4.78 is 10.5. The Bertz CT molecular complexity index is 858. The number of hydrogen-bond acceptors (Lipinski definition) is 6. The number of esters is 1. The van der Waals surface area contributed by atoms with Gasteiger partial charge >= 0.3 is 5.97 Å². The molecule has 2 heterocycles. The first-order valence-electron chi connectivity index (χ1n) is 8.49. The van der Waals surface area contributed by atoms with Crippen molar-refractivity contribution in [3.8, 4) is 6.07 Å². The summed E-state index contributed by atoms with van der Waals surface area (Å²) in [5.41, 5.74) is 2.10.